The Morgan fingerprint density at radius 3 is 2.80 bits per heavy atom. The molecule has 5 nitrogen and oxygen atoms in total. The van der Waals surface area contributed by atoms with Gasteiger partial charge in [-0.1, -0.05) is 18.2 Å². The van der Waals surface area contributed by atoms with Gasteiger partial charge in [0.05, 0.1) is 11.6 Å². The standard InChI is InChI=1S/C15H12N2O3/c1-10-6-7-13(14(17-10)15(18)19)20-9-12-5-3-2-4-11(12)8-16/h2-7H,9H2,1H3,(H,18,19). The van der Waals surface area contributed by atoms with Crippen molar-refractivity contribution in [3.63, 3.8) is 0 Å². The number of aryl methyl sites for hydroxylation is 1. The average molecular weight is 268 g/mol. The van der Waals surface area contributed by atoms with Crippen molar-refractivity contribution in [2.75, 3.05) is 0 Å². The summed E-state index contributed by atoms with van der Waals surface area (Å²) in [5.74, 6) is -0.951. The lowest BCUT2D eigenvalue weighted by atomic mass is 10.1. The molecule has 0 saturated carbocycles. The molecule has 2 aromatic rings. The molecule has 0 spiro atoms. The van der Waals surface area contributed by atoms with Gasteiger partial charge in [0.25, 0.3) is 0 Å². The Balaban J connectivity index is 2.24. The van der Waals surface area contributed by atoms with Crippen LogP contribution in [0.5, 0.6) is 5.75 Å². The molecule has 0 bridgehead atoms. The van der Waals surface area contributed by atoms with Crippen LogP contribution in [0.3, 0.4) is 0 Å². The van der Waals surface area contributed by atoms with Gasteiger partial charge in [-0.15, -0.1) is 0 Å². The van der Waals surface area contributed by atoms with E-state index in [4.69, 9.17) is 15.1 Å². The van der Waals surface area contributed by atoms with Crippen molar-refractivity contribution in [2.45, 2.75) is 13.5 Å². The summed E-state index contributed by atoms with van der Waals surface area (Å²) in [7, 11) is 0. The molecule has 1 N–H and O–H groups in total. The second kappa shape index (κ2) is 5.85. The van der Waals surface area contributed by atoms with Crippen LogP contribution in [0.2, 0.25) is 0 Å². The number of nitrogens with zero attached hydrogens (tertiary/aromatic N) is 2. The van der Waals surface area contributed by atoms with Gasteiger partial charge in [0.2, 0.25) is 0 Å². The van der Waals surface area contributed by atoms with Crippen LogP contribution >= 0.6 is 0 Å². The van der Waals surface area contributed by atoms with E-state index in [0.717, 1.165) is 0 Å². The first kappa shape index (κ1) is 13.6. The summed E-state index contributed by atoms with van der Waals surface area (Å²) in [6.45, 7) is 1.83. The first-order valence-electron chi connectivity index (χ1n) is 5.93. The van der Waals surface area contributed by atoms with Gasteiger partial charge in [0.15, 0.2) is 11.4 Å². The van der Waals surface area contributed by atoms with Crippen molar-refractivity contribution in [3.05, 3.63) is 58.9 Å². The lowest BCUT2D eigenvalue weighted by Crippen LogP contribution is -2.07. The molecule has 1 aromatic carbocycles. The van der Waals surface area contributed by atoms with E-state index in [0.29, 0.717) is 16.8 Å². The first-order chi connectivity index (χ1) is 9.61. The van der Waals surface area contributed by atoms with Gasteiger partial charge in [-0.05, 0) is 25.1 Å². The minimum atomic E-state index is -1.14. The van der Waals surface area contributed by atoms with Gasteiger partial charge in [-0.25, -0.2) is 9.78 Å². The smallest absolute Gasteiger partial charge is 0.358 e. The highest BCUT2D eigenvalue weighted by Gasteiger charge is 2.14. The SMILES string of the molecule is Cc1ccc(OCc2ccccc2C#N)c(C(=O)O)n1. The molecule has 0 amide bonds. The predicted molar refractivity (Wildman–Crippen MR) is 71.4 cm³/mol. The van der Waals surface area contributed by atoms with E-state index in [1.165, 1.54) is 0 Å². The molecule has 5 heteroatoms. The zero-order chi connectivity index (χ0) is 14.5. The number of ether oxygens (including phenoxy) is 1. The minimum Gasteiger partial charge on any atom is -0.486 e. The number of hydrogen-bond donors (Lipinski definition) is 1. The quantitative estimate of drug-likeness (QED) is 0.921. The molecule has 0 aliphatic heterocycles. The molecule has 2 rings (SSSR count). The summed E-state index contributed by atoms with van der Waals surface area (Å²) >= 11 is 0. The number of carbonyl (C=O) groups is 1. The van der Waals surface area contributed by atoms with Crippen molar-refractivity contribution < 1.29 is 14.6 Å². The van der Waals surface area contributed by atoms with E-state index in [1.807, 2.05) is 0 Å². The van der Waals surface area contributed by atoms with Gasteiger partial charge >= 0.3 is 5.97 Å². The van der Waals surface area contributed by atoms with Gasteiger partial charge in [-0.2, -0.15) is 5.26 Å². The normalized spacial score (nSPS) is 9.80. The van der Waals surface area contributed by atoms with Crippen LogP contribution in [0.25, 0.3) is 0 Å². The van der Waals surface area contributed by atoms with Gasteiger partial charge in [0.1, 0.15) is 6.61 Å². The van der Waals surface area contributed by atoms with Crippen LogP contribution in [-0.2, 0) is 6.61 Å². The number of pyridine rings is 1. The zero-order valence-electron chi connectivity index (χ0n) is 10.8. The van der Waals surface area contributed by atoms with E-state index in [1.54, 1.807) is 43.3 Å². The van der Waals surface area contributed by atoms with E-state index in [2.05, 4.69) is 11.1 Å². The third kappa shape index (κ3) is 2.93. The Bertz CT molecular complexity index is 690. The molecule has 0 unspecified atom stereocenters. The summed E-state index contributed by atoms with van der Waals surface area (Å²) in [5, 5.41) is 18.1. The van der Waals surface area contributed by atoms with Crippen molar-refractivity contribution in [1.82, 2.24) is 4.98 Å². The molecule has 100 valence electrons. The second-order valence-electron chi connectivity index (χ2n) is 4.16. The number of nitriles is 1. The molecular formula is C15H12N2O3. The summed E-state index contributed by atoms with van der Waals surface area (Å²) in [5.41, 5.74) is 1.68. The number of benzene rings is 1. The lowest BCUT2D eigenvalue weighted by molar-refractivity contribution is 0.0684. The Morgan fingerprint density at radius 1 is 1.35 bits per heavy atom. The van der Waals surface area contributed by atoms with Crippen LogP contribution in [0.4, 0.5) is 0 Å². The molecule has 20 heavy (non-hydrogen) atoms. The fraction of sp³-hybridized carbons (Fsp3) is 0.133. The van der Waals surface area contributed by atoms with E-state index in [-0.39, 0.29) is 18.1 Å². The van der Waals surface area contributed by atoms with E-state index < -0.39 is 5.97 Å². The molecule has 0 aliphatic rings. The van der Waals surface area contributed by atoms with Crippen LogP contribution in [0, 0.1) is 18.3 Å². The van der Waals surface area contributed by atoms with Crippen molar-refractivity contribution in [1.29, 1.82) is 5.26 Å². The molecule has 1 heterocycles. The monoisotopic (exact) mass is 268 g/mol. The summed E-state index contributed by atoms with van der Waals surface area (Å²) in [6.07, 6.45) is 0. The number of carboxylic acids is 1. The number of carboxylic acid groups (broad SMARTS) is 1. The van der Waals surface area contributed by atoms with Gasteiger partial charge < -0.3 is 9.84 Å². The Morgan fingerprint density at radius 2 is 2.10 bits per heavy atom. The largest absolute Gasteiger partial charge is 0.486 e. The number of rotatable bonds is 4. The predicted octanol–water partition coefficient (Wildman–Crippen LogP) is 2.54. The van der Waals surface area contributed by atoms with Gasteiger partial charge in [0, 0.05) is 11.3 Å². The van der Waals surface area contributed by atoms with Crippen LogP contribution in [-0.4, -0.2) is 16.1 Å². The molecule has 0 fully saturated rings. The highest BCUT2D eigenvalue weighted by molar-refractivity contribution is 5.88. The third-order valence-corrected chi connectivity index (χ3v) is 2.72. The molecule has 1 aromatic heterocycles. The first-order valence-corrected chi connectivity index (χ1v) is 5.93. The van der Waals surface area contributed by atoms with Crippen LogP contribution in [0.15, 0.2) is 36.4 Å². The van der Waals surface area contributed by atoms with E-state index in [9.17, 15) is 4.79 Å². The lowest BCUT2D eigenvalue weighted by Gasteiger charge is -2.10. The maximum absolute atomic E-state index is 11.1. The number of aromatic carboxylic acids is 1. The highest BCUT2D eigenvalue weighted by atomic mass is 16.5. The molecule has 0 atom stereocenters. The number of aromatic nitrogens is 1. The maximum Gasteiger partial charge on any atom is 0.358 e. The van der Waals surface area contributed by atoms with Crippen LogP contribution < -0.4 is 4.74 Å². The molecular weight excluding hydrogens is 256 g/mol. The summed E-state index contributed by atoms with van der Waals surface area (Å²) in [6, 6.07) is 12.3. The Kier molecular flexibility index (Phi) is 3.96. The summed E-state index contributed by atoms with van der Waals surface area (Å²) < 4.78 is 5.49. The van der Waals surface area contributed by atoms with Gasteiger partial charge in [-0.3, -0.25) is 0 Å². The van der Waals surface area contributed by atoms with Crippen molar-refractivity contribution >= 4 is 5.97 Å². The van der Waals surface area contributed by atoms with Crippen molar-refractivity contribution in [3.8, 4) is 11.8 Å². The van der Waals surface area contributed by atoms with E-state index >= 15 is 0 Å². The van der Waals surface area contributed by atoms with Crippen LogP contribution in [0.1, 0.15) is 27.3 Å². The maximum atomic E-state index is 11.1. The fourth-order valence-electron chi connectivity index (χ4n) is 1.72. The molecule has 0 saturated heterocycles. The molecule has 0 radical (unpaired) electrons. The Labute approximate surface area is 116 Å². The number of hydrogen-bond acceptors (Lipinski definition) is 4. The second-order valence-corrected chi connectivity index (χ2v) is 4.16. The Hall–Kier alpha value is -2.87. The highest BCUT2D eigenvalue weighted by Crippen LogP contribution is 2.19. The topological polar surface area (TPSA) is 83.2 Å². The average Bonchev–Trinajstić information content (AvgIpc) is 2.46. The minimum absolute atomic E-state index is 0.120. The van der Waals surface area contributed by atoms with Crippen molar-refractivity contribution in [2.24, 2.45) is 0 Å². The summed E-state index contributed by atoms with van der Waals surface area (Å²) in [4.78, 5) is 15.1. The molecule has 0 aliphatic carbocycles. The fourth-order valence-corrected chi connectivity index (χ4v) is 1.72. The zero-order valence-corrected chi connectivity index (χ0v) is 10.8. The third-order valence-electron chi connectivity index (χ3n) is 2.72.